The molecule has 114 valence electrons. The molecule has 2 fully saturated rings. The van der Waals surface area contributed by atoms with Crippen molar-refractivity contribution < 1.29 is 4.79 Å². The number of carbonyl (C=O) groups is 1. The highest BCUT2D eigenvalue weighted by Gasteiger charge is 2.38. The average molecular weight is 287 g/mol. The highest BCUT2D eigenvalue weighted by Crippen LogP contribution is 2.28. The van der Waals surface area contributed by atoms with Gasteiger partial charge in [0.2, 0.25) is 0 Å². The van der Waals surface area contributed by atoms with Crippen molar-refractivity contribution in [2.24, 2.45) is 0 Å². The van der Waals surface area contributed by atoms with E-state index in [2.05, 4.69) is 22.5 Å². The largest absolute Gasteiger partial charge is 0.385 e. The molecule has 2 aliphatic heterocycles. The molecule has 21 heavy (non-hydrogen) atoms. The van der Waals surface area contributed by atoms with Crippen LogP contribution in [0, 0.1) is 6.92 Å². The summed E-state index contributed by atoms with van der Waals surface area (Å²) in [6, 6.07) is 6.90. The fraction of sp³-hybridized carbons (Fsp3) is 0.588. The Balaban J connectivity index is 1.74. The van der Waals surface area contributed by atoms with Crippen LogP contribution in [0.4, 0.5) is 5.69 Å². The number of amides is 1. The predicted molar refractivity (Wildman–Crippen MR) is 85.8 cm³/mol. The third kappa shape index (κ3) is 2.91. The lowest BCUT2D eigenvalue weighted by atomic mass is 10.0. The summed E-state index contributed by atoms with van der Waals surface area (Å²) in [5, 5.41) is 6.56. The minimum atomic E-state index is 0.0633. The first kappa shape index (κ1) is 14.4. The molecule has 0 spiro atoms. The van der Waals surface area contributed by atoms with E-state index in [1.54, 1.807) is 0 Å². The van der Waals surface area contributed by atoms with Crippen molar-refractivity contribution in [1.29, 1.82) is 0 Å². The van der Waals surface area contributed by atoms with Gasteiger partial charge in [-0.2, -0.15) is 0 Å². The molecule has 1 amide bonds. The minimum absolute atomic E-state index is 0.0633. The molecule has 1 aromatic rings. The Labute approximate surface area is 126 Å². The number of hydrogen-bond acceptors (Lipinski definition) is 3. The van der Waals surface area contributed by atoms with Gasteiger partial charge in [0.05, 0.1) is 5.56 Å². The van der Waals surface area contributed by atoms with Crippen molar-refractivity contribution in [3.05, 3.63) is 29.3 Å². The molecule has 0 radical (unpaired) electrons. The van der Waals surface area contributed by atoms with E-state index >= 15 is 0 Å². The monoisotopic (exact) mass is 287 g/mol. The summed E-state index contributed by atoms with van der Waals surface area (Å²) in [4.78, 5) is 15.2. The van der Waals surface area contributed by atoms with E-state index < -0.39 is 0 Å². The van der Waals surface area contributed by atoms with Gasteiger partial charge in [-0.1, -0.05) is 11.6 Å². The molecule has 2 saturated heterocycles. The second-order valence-corrected chi connectivity index (χ2v) is 6.19. The Hall–Kier alpha value is -1.55. The van der Waals surface area contributed by atoms with Gasteiger partial charge < -0.3 is 10.6 Å². The number of fused-ring (bicyclic) bond motifs is 1. The number of nitrogens with zero attached hydrogens (tertiary/aromatic N) is 1. The van der Waals surface area contributed by atoms with Crippen LogP contribution in [0.25, 0.3) is 0 Å². The van der Waals surface area contributed by atoms with Crippen LogP contribution < -0.4 is 10.6 Å². The molecular formula is C17H25N3O. The molecular weight excluding hydrogens is 262 g/mol. The maximum Gasteiger partial charge on any atom is 0.253 e. The van der Waals surface area contributed by atoms with Gasteiger partial charge in [0, 0.05) is 30.9 Å². The second kappa shape index (κ2) is 6.06. The first-order valence-electron chi connectivity index (χ1n) is 8.08. The molecule has 2 heterocycles. The van der Waals surface area contributed by atoms with Gasteiger partial charge in [-0.05, 0) is 51.8 Å². The highest BCUT2D eigenvalue weighted by molar-refractivity contribution is 6.00. The topological polar surface area (TPSA) is 44.4 Å². The number of carbonyl (C=O) groups excluding carboxylic acids is 1. The van der Waals surface area contributed by atoms with E-state index in [9.17, 15) is 4.79 Å². The number of hydrogen-bond donors (Lipinski definition) is 2. The van der Waals surface area contributed by atoms with Gasteiger partial charge in [0.15, 0.2) is 0 Å². The van der Waals surface area contributed by atoms with Crippen molar-refractivity contribution in [1.82, 2.24) is 10.2 Å². The van der Waals surface area contributed by atoms with Gasteiger partial charge in [-0.15, -0.1) is 0 Å². The summed E-state index contributed by atoms with van der Waals surface area (Å²) in [6.07, 6.45) is 3.57. The third-order valence-electron chi connectivity index (χ3n) is 4.71. The standard InChI is InChI=1S/C17H25N3O/c1-3-18-14-7-6-12(2)11-13(14)17(21)19-15-8-10-20-9-4-5-16(15)20/h6-7,11,15-16,18H,3-5,8-10H2,1-2H3,(H,19,21). The van der Waals surface area contributed by atoms with Gasteiger partial charge in [0.25, 0.3) is 5.91 Å². The van der Waals surface area contributed by atoms with E-state index in [0.29, 0.717) is 12.1 Å². The van der Waals surface area contributed by atoms with Crippen LogP contribution in [0.5, 0.6) is 0 Å². The van der Waals surface area contributed by atoms with E-state index in [-0.39, 0.29) is 5.91 Å². The Bertz CT molecular complexity index is 529. The molecule has 3 rings (SSSR count). The zero-order chi connectivity index (χ0) is 14.8. The van der Waals surface area contributed by atoms with Crippen LogP contribution in [0.1, 0.15) is 42.1 Å². The number of anilines is 1. The van der Waals surface area contributed by atoms with Gasteiger partial charge in [0.1, 0.15) is 0 Å². The SMILES string of the molecule is CCNc1ccc(C)cc1C(=O)NC1CCN2CCCC12. The number of aryl methyl sites for hydroxylation is 1. The zero-order valence-electron chi connectivity index (χ0n) is 13.0. The summed E-state index contributed by atoms with van der Waals surface area (Å²) in [5.74, 6) is 0.0633. The van der Waals surface area contributed by atoms with E-state index in [0.717, 1.165) is 36.3 Å². The van der Waals surface area contributed by atoms with Gasteiger partial charge in [-0.3, -0.25) is 9.69 Å². The summed E-state index contributed by atoms with van der Waals surface area (Å²) in [6.45, 7) is 7.23. The molecule has 0 bridgehead atoms. The fourth-order valence-electron chi connectivity index (χ4n) is 3.69. The van der Waals surface area contributed by atoms with Crippen molar-refractivity contribution in [3.63, 3.8) is 0 Å². The lowest BCUT2D eigenvalue weighted by Crippen LogP contribution is -2.42. The van der Waals surface area contributed by atoms with Crippen LogP contribution in [-0.4, -0.2) is 42.5 Å². The molecule has 0 aliphatic carbocycles. The van der Waals surface area contributed by atoms with E-state index in [4.69, 9.17) is 0 Å². The summed E-state index contributed by atoms with van der Waals surface area (Å²) >= 11 is 0. The molecule has 0 saturated carbocycles. The molecule has 1 aromatic carbocycles. The maximum absolute atomic E-state index is 12.7. The van der Waals surface area contributed by atoms with Crippen LogP contribution in [-0.2, 0) is 0 Å². The molecule has 0 aromatic heterocycles. The first-order valence-corrected chi connectivity index (χ1v) is 8.08. The lowest BCUT2D eigenvalue weighted by Gasteiger charge is -2.22. The zero-order valence-corrected chi connectivity index (χ0v) is 13.0. The quantitative estimate of drug-likeness (QED) is 0.894. The molecule has 2 unspecified atom stereocenters. The summed E-state index contributed by atoms with van der Waals surface area (Å²) in [5.41, 5.74) is 2.82. The van der Waals surface area contributed by atoms with Crippen LogP contribution in [0.2, 0.25) is 0 Å². The molecule has 4 heteroatoms. The summed E-state index contributed by atoms with van der Waals surface area (Å²) in [7, 11) is 0. The molecule has 4 nitrogen and oxygen atoms in total. The van der Waals surface area contributed by atoms with Crippen LogP contribution in [0.3, 0.4) is 0 Å². The van der Waals surface area contributed by atoms with Gasteiger partial charge in [-0.25, -0.2) is 0 Å². The Morgan fingerprint density at radius 3 is 3.00 bits per heavy atom. The van der Waals surface area contributed by atoms with E-state index in [1.165, 1.54) is 19.4 Å². The van der Waals surface area contributed by atoms with Crippen LogP contribution >= 0.6 is 0 Å². The predicted octanol–water partition coefficient (Wildman–Crippen LogP) is 2.39. The van der Waals surface area contributed by atoms with Crippen molar-refractivity contribution in [3.8, 4) is 0 Å². The van der Waals surface area contributed by atoms with Gasteiger partial charge >= 0.3 is 0 Å². The van der Waals surface area contributed by atoms with Crippen LogP contribution in [0.15, 0.2) is 18.2 Å². The fourth-order valence-corrected chi connectivity index (χ4v) is 3.69. The smallest absolute Gasteiger partial charge is 0.253 e. The molecule has 2 N–H and O–H groups in total. The molecule has 2 atom stereocenters. The average Bonchev–Trinajstić information content (AvgIpc) is 3.06. The minimum Gasteiger partial charge on any atom is -0.385 e. The van der Waals surface area contributed by atoms with Crippen molar-refractivity contribution in [2.45, 2.75) is 45.2 Å². The highest BCUT2D eigenvalue weighted by atomic mass is 16.1. The van der Waals surface area contributed by atoms with Crippen molar-refractivity contribution in [2.75, 3.05) is 25.0 Å². The number of rotatable bonds is 4. The van der Waals surface area contributed by atoms with E-state index in [1.807, 2.05) is 25.1 Å². The number of benzene rings is 1. The Morgan fingerprint density at radius 2 is 2.19 bits per heavy atom. The second-order valence-electron chi connectivity index (χ2n) is 6.19. The third-order valence-corrected chi connectivity index (χ3v) is 4.71. The summed E-state index contributed by atoms with van der Waals surface area (Å²) < 4.78 is 0. The Morgan fingerprint density at radius 1 is 1.33 bits per heavy atom. The van der Waals surface area contributed by atoms with Crippen molar-refractivity contribution >= 4 is 11.6 Å². The molecule has 2 aliphatic rings. The number of nitrogens with one attached hydrogen (secondary N) is 2. The first-order chi connectivity index (χ1) is 10.2. The maximum atomic E-state index is 12.7. The lowest BCUT2D eigenvalue weighted by molar-refractivity contribution is 0.0930. The normalized spacial score (nSPS) is 24.9. The Kier molecular flexibility index (Phi) is 4.15.